The molecule has 1 N–H and O–H groups in total. The number of carbonyl (C=O) groups is 1. The third-order valence-electron chi connectivity index (χ3n) is 4.05. The summed E-state index contributed by atoms with van der Waals surface area (Å²) in [6.45, 7) is 0. The first-order valence-electron chi connectivity index (χ1n) is 8.01. The Hall–Kier alpha value is -2.70. The highest BCUT2D eigenvalue weighted by molar-refractivity contribution is 7.14. The molecule has 5 nitrogen and oxygen atoms in total. The van der Waals surface area contributed by atoms with Crippen molar-refractivity contribution in [3.8, 4) is 17.0 Å². The molecule has 2 heterocycles. The van der Waals surface area contributed by atoms with Crippen LogP contribution in [0.4, 0.5) is 5.13 Å². The highest BCUT2D eigenvalue weighted by Crippen LogP contribution is 2.30. The van der Waals surface area contributed by atoms with Gasteiger partial charge in [0.05, 0.1) is 11.4 Å². The molecule has 1 amide bonds. The fraction of sp³-hybridized carbons (Fsp3) is 0.105. The van der Waals surface area contributed by atoms with Crippen LogP contribution in [-0.4, -0.2) is 21.7 Å². The number of rotatable bonds is 3. The van der Waals surface area contributed by atoms with Crippen molar-refractivity contribution in [1.29, 1.82) is 0 Å². The van der Waals surface area contributed by atoms with Crippen molar-refractivity contribution < 1.29 is 9.90 Å². The summed E-state index contributed by atoms with van der Waals surface area (Å²) in [5, 5.41) is 18.4. The van der Waals surface area contributed by atoms with E-state index in [1.54, 1.807) is 24.3 Å². The fourth-order valence-electron chi connectivity index (χ4n) is 2.68. The summed E-state index contributed by atoms with van der Waals surface area (Å²) < 4.78 is 0. The van der Waals surface area contributed by atoms with Gasteiger partial charge in [-0.2, -0.15) is 10.1 Å². The molecule has 1 aromatic heterocycles. The lowest BCUT2D eigenvalue weighted by molar-refractivity contribution is -0.118. The molecule has 2 aromatic carbocycles. The molecule has 0 saturated heterocycles. The molecule has 7 heteroatoms. The molecule has 0 radical (unpaired) electrons. The smallest absolute Gasteiger partial charge is 0.249 e. The van der Waals surface area contributed by atoms with E-state index in [1.165, 1.54) is 16.3 Å². The van der Waals surface area contributed by atoms with Gasteiger partial charge in [0.25, 0.3) is 0 Å². The van der Waals surface area contributed by atoms with Gasteiger partial charge in [-0.25, -0.2) is 4.98 Å². The number of hydrazone groups is 1. The van der Waals surface area contributed by atoms with Gasteiger partial charge in [-0.05, 0) is 42.0 Å². The van der Waals surface area contributed by atoms with Crippen molar-refractivity contribution in [3.05, 3.63) is 64.5 Å². The minimum atomic E-state index is -0.0747. The number of hydrogen-bond acceptors (Lipinski definition) is 5. The average molecular weight is 384 g/mol. The molecule has 26 heavy (non-hydrogen) atoms. The molecule has 0 spiro atoms. The number of thiazole rings is 1. The number of phenolic OH excluding ortho intramolecular Hbond substituents is 1. The second-order valence-corrected chi connectivity index (χ2v) is 7.09. The molecule has 3 aromatic rings. The normalized spacial score (nSPS) is 14.4. The average Bonchev–Trinajstić information content (AvgIpc) is 3.13. The molecule has 4 rings (SSSR count). The van der Waals surface area contributed by atoms with E-state index in [0.29, 0.717) is 23.0 Å². The lowest BCUT2D eigenvalue weighted by Gasteiger charge is -2.21. The largest absolute Gasteiger partial charge is 0.508 e. The van der Waals surface area contributed by atoms with Crippen molar-refractivity contribution in [1.82, 2.24) is 4.98 Å². The maximum Gasteiger partial charge on any atom is 0.249 e. The second kappa shape index (κ2) is 6.90. The number of benzene rings is 2. The molecule has 0 aliphatic carbocycles. The Morgan fingerprint density at radius 2 is 1.69 bits per heavy atom. The first kappa shape index (κ1) is 16.8. The first-order chi connectivity index (χ1) is 12.6. The van der Waals surface area contributed by atoms with Crippen molar-refractivity contribution in [3.63, 3.8) is 0 Å². The Labute approximate surface area is 159 Å². The predicted molar refractivity (Wildman–Crippen MR) is 104 cm³/mol. The predicted octanol–water partition coefficient (Wildman–Crippen LogP) is 4.70. The van der Waals surface area contributed by atoms with E-state index in [2.05, 4.69) is 10.1 Å². The van der Waals surface area contributed by atoms with Crippen LogP contribution in [0.5, 0.6) is 5.75 Å². The number of halogens is 1. The van der Waals surface area contributed by atoms with Crippen LogP contribution in [0.15, 0.2) is 59.0 Å². The number of anilines is 1. The topological polar surface area (TPSA) is 65.8 Å². The Bertz CT molecular complexity index is 981. The molecule has 0 atom stereocenters. The molecule has 1 aliphatic rings. The van der Waals surface area contributed by atoms with Gasteiger partial charge in [-0.3, -0.25) is 4.79 Å². The number of aromatic hydroxyl groups is 1. The third-order valence-corrected chi connectivity index (χ3v) is 5.11. The van der Waals surface area contributed by atoms with E-state index < -0.39 is 0 Å². The second-order valence-electron chi connectivity index (χ2n) is 5.82. The molecule has 0 saturated carbocycles. The van der Waals surface area contributed by atoms with E-state index in [9.17, 15) is 9.90 Å². The summed E-state index contributed by atoms with van der Waals surface area (Å²) in [7, 11) is 0. The lowest BCUT2D eigenvalue weighted by atomic mass is 10.0. The lowest BCUT2D eigenvalue weighted by Crippen LogP contribution is -2.31. The zero-order valence-corrected chi connectivity index (χ0v) is 15.2. The van der Waals surface area contributed by atoms with Crippen LogP contribution >= 0.6 is 22.9 Å². The first-order valence-corrected chi connectivity index (χ1v) is 9.27. The Morgan fingerprint density at radius 1 is 1.00 bits per heavy atom. The Balaban J connectivity index is 1.65. The highest BCUT2D eigenvalue weighted by atomic mass is 35.5. The van der Waals surface area contributed by atoms with Gasteiger partial charge in [0.2, 0.25) is 11.0 Å². The van der Waals surface area contributed by atoms with Gasteiger partial charge in [-0.1, -0.05) is 23.7 Å². The van der Waals surface area contributed by atoms with Crippen LogP contribution in [0, 0.1) is 0 Å². The molecule has 0 fully saturated rings. The number of hydrogen-bond donors (Lipinski definition) is 1. The summed E-state index contributed by atoms with van der Waals surface area (Å²) in [5.41, 5.74) is 3.40. The zero-order chi connectivity index (χ0) is 18.1. The van der Waals surface area contributed by atoms with Gasteiger partial charge in [0.1, 0.15) is 5.75 Å². The van der Waals surface area contributed by atoms with Crippen molar-refractivity contribution in [2.75, 3.05) is 5.01 Å². The van der Waals surface area contributed by atoms with Crippen LogP contribution in [0.25, 0.3) is 11.3 Å². The van der Waals surface area contributed by atoms with Crippen LogP contribution < -0.4 is 5.01 Å². The van der Waals surface area contributed by atoms with Gasteiger partial charge in [0, 0.05) is 28.8 Å². The SMILES string of the molecule is O=C1CCC(c2ccc(Cl)cc2)=NN1c1nc(-c2ccc(O)cc2)cs1. The maximum atomic E-state index is 12.3. The fourth-order valence-corrected chi connectivity index (χ4v) is 3.60. The molecule has 0 bridgehead atoms. The van der Waals surface area contributed by atoms with Crippen molar-refractivity contribution >= 4 is 39.7 Å². The molecule has 0 unspecified atom stereocenters. The highest BCUT2D eigenvalue weighted by Gasteiger charge is 2.25. The summed E-state index contributed by atoms with van der Waals surface area (Å²) in [4.78, 5) is 16.9. The quantitative estimate of drug-likeness (QED) is 0.712. The van der Waals surface area contributed by atoms with Crippen molar-refractivity contribution in [2.45, 2.75) is 12.8 Å². The van der Waals surface area contributed by atoms with Gasteiger partial charge < -0.3 is 5.11 Å². The van der Waals surface area contributed by atoms with E-state index in [-0.39, 0.29) is 11.7 Å². The van der Waals surface area contributed by atoms with E-state index in [4.69, 9.17) is 11.6 Å². The molecular formula is C19H14ClN3O2S. The van der Waals surface area contributed by atoms with Gasteiger partial charge in [0.15, 0.2) is 0 Å². The Kier molecular flexibility index (Phi) is 4.44. The number of carbonyl (C=O) groups excluding carboxylic acids is 1. The molecule has 130 valence electrons. The number of phenols is 1. The number of aromatic nitrogens is 1. The minimum Gasteiger partial charge on any atom is -0.508 e. The van der Waals surface area contributed by atoms with Crippen LogP contribution in [0.3, 0.4) is 0 Å². The number of amides is 1. The Morgan fingerprint density at radius 3 is 2.42 bits per heavy atom. The summed E-state index contributed by atoms with van der Waals surface area (Å²) in [6.07, 6.45) is 0.975. The van der Waals surface area contributed by atoms with Crippen LogP contribution in [-0.2, 0) is 4.79 Å². The summed E-state index contributed by atoms with van der Waals surface area (Å²) >= 11 is 7.30. The van der Waals surface area contributed by atoms with E-state index in [0.717, 1.165) is 22.5 Å². The van der Waals surface area contributed by atoms with Crippen molar-refractivity contribution in [2.24, 2.45) is 5.10 Å². The molecular weight excluding hydrogens is 370 g/mol. The third kappa shape index (κ3) is 3.34. The van der Waals surface area contributed by atoms with Gasteiger partial charge in [-0.15, -0.1) is 11.3 Å². The number of nitrogens with zero attached hydrogens (tertiary/aromatic N) is 3. The van der Waals surface area contributed by atoms with E-state index in [1.807, 2.05) is 29.6 Å². The monoisotopic (exact) mass is 383 g/mol. The zero-order valence-electron chi connectivity index (χ0n) is 13.6. The summed E-state index contributed by atoms with van der Waals surface area (Å²) in [5.74, 6) is 0.127. The van der Waals surface area contributed by atoms with Gasteiger partial charge >= 0.3 is 0 Å². The maximum absolute atomic E-state index is 12.3. The summed E-state index contributed by atoms with van der Waals surface area (Å²) in [6, 6.07) is 14.2. The minimum absolute atomic E-state index is 0.0747. The van der Waals surface area contributed by atoms with E-state index >= 15 is 0 Å². The molecule has 1 aliphatic heterocycles. The van der Waals surface area contributed by atoms with Crippen LogP contribution in [0.2, 0.25) is 5.02 Å². The standard InChI is InChI=1S/C19H14ClN3O2S/c20-14-5-1-12(2-6-14)16-9-10-18(25)23(22-16)19-21-17(11-26-19)13-3-7-15(24)8-4-13/h1-8,11,24H,9-10H2. The van der Waals surface area contributed by atoms with Crippen LogP contribution in [0.1, 0.15) is 18.4 Å².